The lowest BCUT2D eigenvalue weighted by Crippen LogP contribution is -2.31. The molecular weight excluding hydrogens is 342 g/mol. The number of halogens is 2. The number of carbonyl (C=O) groups is 1. The fourth-order valence-corrected chi connectivity index (χ4v) is 2.27. The van der Waals surface area contributed by atoms with Crippen LogP contribution in [0.4, 0.5) is 8.78 Å². The molecule has 2 heterocycles. The van der Waals surface area contributed by atoms with Crippen LogP contribution >= 0.6 is 0 Å². The maximum atomic E-state index is 13.8. The van der Waals surface area contributed by atoms with Crippen LogP contribution in [0.2, 0.25) is 0 Å². The number of nitrogens with zero attached hydrogens (tertiary/aromatic N) is 3. The van der Waals surface area contributed by atoms with Crippen LogP contribution in [0.1, 0.15) is 18.5 Å². The zero-order valence-corrected chi connectivity index (χ0v) is 13.9. The third kappa shape index (κ3) is 4.02. The molecule has 1 aromatic carbocycles. The Kier molecular flexibility index (Phi) is 5.21. The number of ether oxygens (including phenoxy) is 1. The quantitative estimate of drug-likeness (QED) is 0.735. The van der Waals surface area contributed by atoms with E-state index in [0.29, 0.717) is 5.56 Å². The Labute approximate surface area is 148 Å². The Hall–Kier alpha value is -3.29. The van der Waals surface area contributed by atoms with Gasteiger partial charge >= 0.3 is 0 Å². The topological polar surface area (TPSA) is 69.0 Å². The summed E-state index contributed by atoms with van der Waals surface area (Å²) in [6.45, 7) is 1.85. The van der Waals surface area contributed by atoms with E-state index in [1.807, 2.05) is 0 Å². The second-order valence-corrected chi connectivity index (χ2v) is 5.52. The number of carbonyl (C=O) groups excluding carboxylic acids is 1. The van der Waals surface area contributed by atoms with Crippen LogP contribution in [0.5, 0.6) is 11.6 Å². The van der Waals surface area contributed by atoms with E-state index in [0.717, 1.165) is 12.1 Å². The highest BCUT2D eigenvalue weighted by Gasteiger charge is 2.16. The number of rotatable bonds is 6. The molecule has 1 atom stereocenters. The van der Waals surface area contributed by atoms with Crippen LogP contribution in [0, 0.1) is 11.6 Å². The summed E-state index contributed by atoms with van der Waals surface area (Å²) in [7, 11) is 0. The molecule has 0 saturated carbocycles. The number of hydrogen-bond acceptors (Lipinski definition) is 4. The van der Waals surface area contributed by atoms with E-state index in [-0.39, 0.29) is 24.1 Å². The van der Waals surface area contributed by atoms with E-state index < -0.39 is 17.7 Å². The van der Waals surface area contributed by atoms with Gasteiger partial charge in [0.15, 0.2) is 11.6 Å². The monoisotopic (exact) mass is 358 g/mol. The molecule has 6 nitrogen and oxygen atoms in total. The summed E-state index contributed by atoms with van der Waals surface area (Å²) in [5, 5.41) is 6.79. The van der Waals surface area contributed by atoms with Gasteiger partial charge in [0.1, 0.15) is 11.9 Å². The molecule has 0 aliphatic rings. The second kappa shape index (κ2) is 7.73. The molecule has 0 spiro atoms. The molecule has 134 valence electrons. The summed E-state index contributed by atoms with van der Waals surface area (Å²) in [5.74, 6) is -1.79. The second-order valence-electron chi connectivity index (χ2n) is 5.52. The van der Waals surface area contributed by atoms with Gasteiger partial charge in [0.2, 0.25) is 11.8 Å². The Morgan fingerprint density at radius 1 is 1.27 bits per heavy atom. The molecule has 8 heteroatoms. The normalized spacial score (nSPS) is 11.8. The van der Waals surface area contributed by atoms with Crippen molar-refractivity contribution in [3.05, 3.63) is 72.2 Å². The lowest BCUT2D eigenvalue weighted by atomic mass is 10.2. The molecule has 3 aromatic rings. The van der Waals surface area contributed by atoms with Crippen LogP contribution in [-0.4, -0.2) is 20.7 Å². The van der Waals surface area contributed by atoms with Gasteiger partial charge in [0, 0.05) is 36.8 Å². The molecule has 1 N–H and O–H groups in total. The van der Waals surface area contributed by atoms with Crippen LogP contribution in [0.3, 0.4) is 0 Å². The largest absolute Gasteiger partial charge is 0.436 e. The summed E-state index contributed by atoms with van der Waals surface area (Å²) in [6.07, 6.45) is 4.77. The van der Waals surface area contributed by atoms with Crippen molar-refractivity contribution in [3.63, 3.8) is 0 Å². The number of nitrogens with one attached hydrogen (secondary N) is 1. The first kappa shape index (κ1) is 17.5. The molecule has 0 aliphatic heterocycles. The number of amides is 1. The van der Waals surface area contributed by atoms with Crippen LogP contribution in [0.15, 0.2) is 55.0 Å². The van der Waals surface area contributed by atoms with E-state index in [2.05, 4.69) is 15.4 Å². The highest BCUT2D eigenvalue weighted by Crippen LogP contribution is 2.26. The van der Waals surface area contributed by atoms with Crippen molar-refractivity contribution < 1.29 is 18.3 Å². The Morgan fingerprint density at radius 3 is 2.85 bits per heavy atom. The minimum absolute atomic E-state index is 0.130. The predicted molar refractivity (Wildman–Crippen MR) is 89.5 cm³/mol. The summed E-state index contributed by atoms with van der Waals surface area (Å²) in [5.41, 5.74) is 0.553. The van der Waals surface area contributed by atoms with E-state index in [4.69, 9.17) is 4.74 Å². The summed E-state index contributed by atoms with van der Waals surface area (Å²) in [6, 6.07) is 7.62. The maximum Gasteiger partial charge on any atom is 0.244 e. The standard InChI is InChI=1S/C18H16F2N4O2/c1-12(24-9-3-8-23-24)17(25)22-11-13-4-2-7-21-18(13)26-16-6-5-14(19)10-15(16)20/h2-10,12H,11H2,1H3,(H,22,25). The summed E-state index contributed by atoms with van der Waals surface area (Å²) in [4.78, 5) is 16.3. The van der Waals surface area contributed by atoms with E-state index >= 15 is 0 Å². The highest BCUT2D eigenvalue weighted by molar-refractivity contribution is 5.79. The SMILES string of the molecule is CC(C(=O)NCc1cccnc1Oc1ccc(F)cc1F)n1cccn1. The Bertz CT molecular complexity index is 900. The van der Waals surface area contributed by atoms with Gasteiger partial charge in [0.25, 0.3) is 0 Å². The zero-order chi connectivity index (χ0) is 18.5. The van der Waals surface area contributed by atoms with Crippen molar-refractivity contribution in [1.82, 2.24) is 20.1 Å². The summed E-state index contributed by atoms with van der Waals surface area (Å²) < 4.78 is 33.7. The molecule has 2 aromatic heterocycles. The molecule has 26 heavy (non-hydrogen) atoms. The highest BCUT2D eigenvalue weighted by atomic mass is 19.1. The van der Waals surface area contributed by atoms with Gasteiger partial charge in [-0.05, 0) is 31.2 Å². The van der Waals surface area contributed by atoms with Gasteiger partial charge in [-0.1, -0.05) is 6.07 Å². The van der Waals surface area contributed by atoms with Gasteiger partial charge in [-0.25, -0.2) is 13.8 Å². The van der Waals surface area contributed by atoms with Crippen molar-refractivity contribution >= 4 is 5.91 Å². The molecule has 3 rings (SSSR count). The van der Waals surface area contributed by atoms with Crippen molar-refractivity contribution in [2.75, 3.05) is 0 Å². The summed E-state index contributed by atoms with van der Waals surface area (Å²) >= 11 is 0. The Morgan fingerprint density at radius 2 is 2.12 bits per heavy atom. The molecule has 1 unspecified atom stereocenters. The maximum absolute atomic E-state index is 13.8. The minimum atomic E-state index is -0.835. The third-order valence-corrected chi connectivity index (χ3v) is 3.70. The van der Waals surface area contributed by atoms with Gasteiger partial charge in [0.05, 0.1) is 0 Å². The smallest absolute Gasteiger partial charge is 0.244 e. The first-order valence-corrected chi connectivity index (χ1v) is 7.88. The fourth-order valence-electron chi connectivity index (χ4n) is 2.27. The minimum Gasteiger partial charge on any atom is -0.436 e. The van der Waals surface area contributed by atoms with Crippen molar-refractivity contribution in [3.8, 4) is 11.6 Å². The molecule has 0 radical (unpaired) electrons. The fraction of sp³-hybridized carbons (Fsp3) is 0.167. The predicted octanol–water partition coefficient (Wildman–Crippen LogP) is 3.23. The van der Waals surface area contributed by atoms with Gasteiger partial charge in [-0.15, -0.1) is 0 Å². The van der Waals surface area contributed by atoms with Crippen LogP contribution < -0.4 is 10.1 Å². The van der Waals surface area contributed by atoms with E-state index in [9.17, 15) is 13.6 Å². The lowest BCUT2D eigenvalue weighted by molar-refractivity contribution is -0.124. The number of benzene rings is 1. The number of aromatic nitrogens is 3. The van der Waals surface area contributed by atoms with Gasteiger partial charge < -0.3 is 10.1 Å². The zero-order valence-electron chi connectivity index (χ0n) is 13.9. The third-order valence-electron chi connectivity index (χ3n) is 3.70. The number of pyridine rings is 1. The first-order valence-electron chi connectivity index (χ1n) is 7.88. The first-order chi connectivity index (χ1) is 12.5. The van der Waals surface area contributed by atoms with E-state index in [1.165, 1.54) is 16.9 Å². The molecule has 0 saturated heterocycles. The van der Waals surface area contributed by atoms with Crippen molar-refractivity contribution in [2.45, 2.75) is 19.5 Å². The molecular formula is C18H16F2N4O2. The lowest BCUT2D eigenvalue weighted by Gasteiger charge is -2.14. The molecule has 0 aliphatic carbocycles. The van der Waals surface area contributed by atoms with Gasteiger partial charge in [-0.3, -0.25) is 9.48 Å². The van der Waals surface area contributed by atoms with Crippen LogP contribution in [0.25, 0.3) is 0 Å². The van der Waals surface area contributed by atoms with Crippen molar-refractivity contribution in [1.29, 1.82) is 0 Å². The van der Waals surface area contributed by atoms with Gasteiger partial charge in [-0.2, -0.15) is 5.10 Å². The Balaban J connectivity index is 1.70. The van der Waals surface area contributed by atoms with Crippen molar-refractivity contribution in [2.24, 2.45) is 0 Å². The molecule has 0 fully saturated rings. The number of hydrogen-bond donors (Lipinski definition) is 1. The average Bonchev–Trinajstić information content (AvgIpc) is 3.17. The molecule has 1 amide bonds. The molecule has 0 bridgehead atoms. The average molecular weight is 358 g/mol. The van der Waals surface area contributed by atoms with E-state index in [1.54, 1.807) is 37.5 Å². The van der Waals surface area contributed by atoms with Crippen LogP contribution in [-0.2, 0) is 11.3 Å².